The lowest BCUT2D eigenvalue weighted by molar-refractivity contribution is -0.384. The molecular weight excluding hydrogens is 394 g/mol. The summed E-state index contributed by atoms with van der Waals surface area (Å²) in [5.41, 5.74) is 0.387. The van der Waals surface area contributed by atoms with Crippen LogP contribution in [0.15, 0.2) is 22.7 Å². The number of esters is 1. The molecule has 0 saturated heterocycles. The fraction of sp³-hybridized carbons (Fsp3) is 0.500. The predicted molar refractivity (Wildman–Crippen MR) is 97.3 cm³/mol. The van der Waals surface area contributed by atoms with Gasteiger partial charge in [-0.1, -0.05) is 13.8 Å². The van der Waals surface area contributed by atoms with Crippen LogP contribution in [-0.4, -0.2) is 48.4 Å². The van der Waals surface area contributed by atoms with Crippen LogP contribution in [-0.2, 0) is 14.3 Å². The number of anilines is 1. The van der Waals surface area contributed by atoms with Gasteiger partial charge < -0.3 is 10.1 Å². The Kier molecular flexibility index (Phi) is 8.50. The monoisotopic (exact) mass is 415 g/mol. The number of hydrogen-bond acceptors (Lipinski definition) is 6. The van der Waals surface area contributed by atoms with E-state index in [-0.39, 0.29) is 30.5 Å². The molecular formula is C16H22BrN3O5. The molecule has 9 heteroatoms. The van der Waals surface area contributed by atoms with Gasteiger partial charge in [-0.2, -0.15) is 0 Å². The molecule has 0 heterocycles. The van der Waals surface area contributed by atoms with Crippen molar-refractivity contribution in [2.45, 2.75) is 20.3 Å². The van der Waals surface area contributed by atoms with Crippen molar-refractivity contribution in [2.24, 2.45) is 5.92 Å². The first-order valence-corrected chi connectivity index (χ1v) is 8.55. The molecule has 0 saturated carbocycles. The van der Waals surface area contributed by atoms with Gasteiger partial charge in [-0.25, -0.2) is 0 Å². The lowest BCUT2D eigenvalue weighted by atomic mass is 10.2. The van der Waals surface area contributed by atoms with Crippen molar-refractivity contribution in [2.75, 3.05) is 32.1 Å². The number of halogens is 1. The van der Waals surface area contributed by atoms with Gasteiger partial charge in [-0.3, -0.25) is 24.6 Å². The highest BCUT2D eigenvalue weighted by Gasteiger charge is 2.16. The van der Waals surface area contributed by atoms with Gasteiger partial charge in [0.1, 0.15) is 0 Å². The minimum Gasteiger partial charge on any atom is -0.469 e. The van der Waals surface area contributed by atoms with E-state index >= 15 is 0 Å². The van der Waals surface area contributed by atoms with Crippen molar-refractivity contribution in [1.29, 1.82) is 0 Å². The summed E-state index contributed by atoms with van der Waals surface area (Å²) in [7, 11) is 1.33. The molecule has 0 aliphatic rings. The summed E-state index contributed by atoms with van der Waals surface area (Å²) >= 11 is 3.22. The number of methoxy groups -OCH3 is 1. The number of nitro benzene ring substituents is 1. The molecule has 1 aromatic rings. The molecule has 0 aliphatic carbocycles. The average Bonchev–Trinajstić information content (AvgIpc) is 2.53. The maximum Gasteiger partial charge on any atom is 0.306 e. The summed E-state index contributed by atoms with van der Waals surface area (Å²) in [6.45, 7) is 5.23. The van der Waals surface area contributed by atoms with E-state index in [4.69, 9.17) is 0 Å². The minimum absolute atomic E-state index is 0.0654. The van der Waals surface area contributed by atoms with Crippen LogP contribution < -0.4 is 5.32 Å². The molecule has 1 aromatic carbocycles. The van der Waals surface area contributed by atoms with Crippen LogP contribution in [0.3, 0.4) is 0 Å². The zero-order valence-electron chi connectivity index (χ0n) is 14.5. The number of ether oxygens (including phenoxy) is 1. The number of nitro groups is 1. The molecule has 1 N–H and O–H groups in total. The van der Waals surface area contributed by atoms with Crippen LogP contribution in [0, 0.1) is 16.0 Å². The molecule has 0 atom stereocenters. The number of hydrogen-bond donors (Lipinski definition) is 1. The Balaban J connectivity index is 2.70. The van der Waals surface area contributed by atoms with E-state index < -0.39 is 4.92 Å². The number of nitrogens with one attached hydrogen (secondary N) is 1. The first-order valence-electron chi connectivity index (χ1n) is 7.76. The van der Waals surface area contributed by atoms with E-state index in [0.717, 1.165) is 0 Å². The second-order valence-electron chi connectivity index (χ2n) is 5.92. The number of benzene rings is 1. The van der Waals surface area contributed by atoms with E-state index in [2.05, 4.69) is 26.0 Å². The van der Waals surface area contributed by atoms with Gasteiger partial charge in [0.15, 0.2) is 0 Å². The van der Waals surface area contributed by atoms with E-state index in [1.165, 1.54) is 25.3 Å². The third-order valence-electron chi connectivity index (χ3n) is 3.29. The fourth-order valence-electron chi connectivity index (χ4n) is 2.21. The van der Waals surface area contributed by atoms with Gasteiger partial charge in [0.25, 0.3) is 5.69 Å². The van der Waals surface area contributed by atoms with Gasteiger partial charge >= 0.3 is 5.97 Å². The van der Waals surface area contributed by atoms with Gasteiger partial charge in [-0.05, 0) is 27.9 Å². The summed E-state index contributed by atoms with van der Waals surface area (Å²) in [6.07, 6.45) is 0.206. The van der Waals surface area contributed by atoms with Crippen molar-refractivity contribution in [3.63, 3.8) is 0 Å². The smallest absolute Gasteiger partial charge is 0.306 e. The van der Waals surface area contributed by atoms with Gasteiger partial charge in [0, 0.05) is 29.7 Å². The highest BCUT2D eigenvalue weighted by molar-refractivity contribution is 9.10. The lowest BCUT2D eigenvalue weighted by Gasteiger charge is -2.23. The fourth-order valence-corrected chi connectivity index (χ4v) is 2.68. The van der Waals surface area contributed by atoms with Crippen molar-refractivity contribution >= 4 is 39.2 Å². The number of amides is 1. The van der Waals surface area contributed by atoms with E-state index in [0.29, 0.717) is 29.2 Å². The van der Waals surface area contributed by atoms with Gasteiger partial charge in [0.2, 0.25) is 5.91 Å². The standard InChI is InChI=1S/C16H22BrN3O5/c1-11(2)9-19(7-6-16(22)25-3)10-15(21)18-14-5-4-12(20(23)24)8-13(14)17/h4-5,8,11H,6-7,9-10H2,1-3H3,(H,18,21). The van der Waals surface area contributed by atoms with Crippen molar-refractivity contribution in [1.82, 2.24) is 4.90 Å². The maximum atomic E-state index is 12.3. The third kappa shape index (κ3) is 7.61. The number of non-ortho nitro benzene ring substituents is 1. The SMILES string of the molecule is COC(=O)CCN(CC(=O)Nc1ccc([N+](=O)[O-])cc1Br)CC(C)C. The molecule has 8 nitrogen and oxygen atoms in total. The zero-order chi connectivity index (χ0) is 19.0. The molecule has 1 rings (SSSR count). The predicted octanol–water partition coefficient (Wildman–Crippen LogP) is 2.82. The summed E-state index contributed by atoms with van der Waals surface area (Å²) in [5.74, 6) is -0.260. The maximum absolute atomic E-state index is 12.3. The van der Waals surface area contributed by atoms with Crippen molar-refractivity contribution in [3.8, 4) is 0 Å². The zero-order valence-corrected chi connectivity index (χ0v) is 16.0. The normalized spacial score (nSPS) is 10.8. The van der Waals surface area contributed by atoms with Crippen LogP contribution in [0.2, 0.25) is 0 Å². The Morgan fingerprint density at radius 2 is 2.08 bits per heavy atom. The first kappa shape index (κ1) is 21.0. The Morgan fingerprint density at radius 3 is 2.60 bits per heavy atom. The third-order valence-corrected chi connectivity index (χ3v) is 3.94. The van der Waals surface area contributed by atoms with E-state index in [1.807, 2.05) is 18.7 Å². The highest BCUT2D eigenvalue weighted by Crippen LogP contribution is 2.27. The molecule has 25 heavy (non-hydrogen) atoms. The van der Waals surface area contributed by atoms with Crippen LogP contribution >= 0.6 is 15.9 Å². The van der Waals surface area contributed by atoms with Crippen LogP contribution in [0.25, 0.3) is 0 Å². The topological polar surface area (TPSA) is 102 Å². The Hall–Kier alpha value is -2.00. The minimum atomic E-state index is -0.506. The second-order valence-corrected chi connectivity index (χ2v) is 6.78. The van der Waals surface area contributed by atoms with Crippen LogP contribution in [0.1, 0.15) is 20.3 Å². The summed E-state index contributed by atoms with van der Waals surface area (Å²) in [6, 6.07) is 4.13. The number of carbonyl (C=O) groups excluding carboxylic acids is 2. The quantitative estimate of drug-likeness (QED) is 0.377. The number of carbonyl (C=O) groups is 2. The second kappa shape index (κ2) is 10.1. The summed E-state index contributed by atoms with van der Waals surface area (Å²) < 4.78 is 5.06. The van der Waals surface area contributed by atoms with Crippen molar-refractivity contribution in [3.05, 3.63) is 32.8 Å². The largest absolute Gasteiger partial charge is 0.469 e. The molecule has 0 aliphatic heterocycles. The van der Waals surface area contributed by atoms with E-state index in [9.17, 15) is 19.7 Å². The average molecular weight is 416 g/mol. The summed E-state index contributed by atoms with van der Waals surface area (Å²) in [4.78, 5) is 35.7. The lowest BCUT2D eigenvalue weighted by Crippen LogP contribution is -2.37. The molecule has 0 unspecified atom stereocenters. The Bertz CT molecular complexity index is 636. The highest BCUT2D eigenvalue weighted by atomic mass is 79.9. The Labute approximate surface area is 154 Å². The molecule has 0 aromatic heterocycles. The van der Waals surface area contributed by atoms with Gasteiger partial charge in [-0.15, -0.1) is 0 Å². The molecule has 0 fully saturated rings. The molecule has 0 spiro atoms. The summed E-state index contributed by atoms with van der Waals surface area (Å²) in [5, 5.41) is 13.5. The molecule has 138 valence electrons. The molecule has 1 amide bonds. The first-order chi connectivity index (χ1) is 11.7. The van der Waals surface area contributed by atoms with Crippen LogP contribution in [0.4, 0.5) is 11.4 Å². The van der Waals surface area contributed by atoms with Gasteiger partial charge in [0.05, 0.1) is 30.7 Å². The van der Waals surface area contributed by atoms with Crippen LogP contribution in [0.5, 0.6) is 0 Å². The Morgan fingerprint density at radius 1 is 1.40 bits per heavy atom. The molecule has 0 bridgehead atoms. The van der Waals surface area contributed by atoms with E-state index in [1.54, 1.807) is 0 Å². The number of nitrogens with zero attached hydrogens (tertiary/aromatic N) is 2. The van der Waals surface area contributed by atoms with Crippen molar-refractivity contribution < 1.29 is 19.2 Å². The molecule has 0 radical (unpaired) electrons. The number of rotatable bonds is 9.